The first-order chi connectivity index (χ1) is 9.24. The number of para-hydroxylation sites is 1. The average Bonchev–Trinajstić information content (AvgIpc) is 2.47. The highest BCUT2D eigenvalue weighted by Gasteiger charge is 2.10. The van der Waals surface area contributed by atoms with Gasteiger partial charge >= 0.3 is 0 Å². The van der Waals surface area contributed by atoms with Crippen LogP contribution in [-0.4, -0.2) is 12.9 Å². The highest BCUT2D eigenvalue weighted by molar-refractivity contribution is 5.98. The summed E-state index contributed by atoms with van der Waals surface area (Å²) < 4.78 is 10.9. The van der Waals surface area contributed by atoms with E-state index >= 15 is 0 Å². The van der Waals surface area contributed by atoms with Crippen LogP contribution in [0.3, 0.4) is 0 Å². The highest BCUT2D eigenvalue weighted by Crippen LogP contribution is 2.28. The summed E-state index contributed by atoms with van der Waals surface area (Å²) in [5.74, 6) is 2.01. The fourth-order valence-corrected chi connectivity index (χ4v) is 1.77. The van der Waals surface area contributed by atoms with Crippen molar-refractivity contribution in [3.8, 4) is 17.2 Å². The molecule has 98 valence electrons. The second-order valence-corrected chi connectivity index (χ2v) is 4.05. The number of hydrogen-bond donors (Lipinski definition) is 0. The van der Waals surface area contributed by atoms with Crippen LogP contribution in [0.1, 0.15) is 23.7 Å². The van der Waals surface area contributed by atoms with Gasteiger partial charge in [-0.1, -0.05) is 25.1 Å². The molecule has 0 aliphatic rings. The molecule has 0 aromatic heterocycles. The van der Waals surface area contributed by atoms with Crippen molar-refractivity contribution in [1.82, 2.24) is 0 Å². The normalized spacial score (nSPS) is 10.0. The highest BCUT2D eigenvalue weighted by atomic mass is 16.5. The van der Waals surface area contributed by atoms with Crippen molar-refractivity contribution < 1.29 is 14.3 Å². The van der Waals surface area contributed by atoms with E-state index in [0.29, 0.717) is 23.5 Å². The van der Waals surface area contributed by atoms with Crippen molar-refractivity contribution in [3.63, 3.8) is 0 Å². The van der Waals surface area contributed by atoms with Crippen LogP contribution in [0.15, 0.2) is 48.5 Å². The molecule has 19 heavy (non-hydrogen) atoms. The van der Waals surface area contributed by atoms with Crippen molar-refractivity contribution >= 4 is 5.78 Å². The number of carbonyl (C=O) groups excluding carboxylic acids is 1. The lowest BCUT2D eigenvalue weighted by molar-refractivity contribution is 0.0986. The molecule has 0 N–H and O–H groups in total. The van der Waals surface area contributed by atoms with Gasteiger partial charge in [0.05, 0.1) is 12.7 Å². The Morgan fingerprint density at radius 3 is 2.53 bits per heavy atom. The molecule has 0 heterocycles. The second kappa shape index (κ2) is 6.05. The Balaban J connectivity index is 2.30. The zero-order chi connectivity index (χ0) is 13.7. The Bertz CT molecular complexity index is 576. The summed E-state index contributed by atoms with van der Waals surface area (Å²) in [5.41, 5.74) is 0.604. The Hall–Kier alpha value is -2.29. The first kappa shape index (κ1) is 13.1. The van der Waals surface area contributed by atoms with Gasteiger partial charge in [-0.05, 0) is 24.3 Å². The Morgan fingerprint density at radius 1 is 1.05 bits per heavy atom. The number of methoxy groups -OCH3 is 1. The van der Waals surface area contributed by atoms with Crippen LogP contribution in [0.2, 0.25) is 0 Å². The molecule has 0 saturated carbocycles. The van der Waals surface area contributed by atoms with Gasteiger partial charge in [0, 0.05) is 12.5 Å². The molecule has 3 nitrogen and oxygen atoms in total. The van der Waals surface area contributed by atoms with Gasteiger partial charge in [-0.3, -0.25) is 4.79 Å². The molecule has 0 radical (unpaired) electrons. The third-order valence-electron chi connectivity index (χ3n) is 2.78. The molecule has 2 aromatic carbocycles. The number of carbonyl (C=O) groups is 1. The van der Waals surface area contributed by atoms with E-state index in [4.69, 9.17) is 9.47 Å². The van der Waals surface area contributed by atoms with E-state index in [2.05, 4.69) is 0 Å². The molecular formula is C16H16O3. The maximum absolute atomic E-state index is 11.8. The molecule has 0 aliphatic carbocycles. The lowest BCUT2D eigenvalue weighted by Crippen LogP contribution is -1.99. The summed E-state index contributed by atoms with van der Waals surface area (Å²) in [4.78, 5) is 11.8. The fraction of sp³-hybridized carbons (Fsp3) is 0.188. The van der Waals surface area contributed by atoms with E-state index in [1.165, 1.54) is 0 Å². The minimum absolute atomic E-state index is 0.0681. The zero-order valence-electron chi connectivity index (χ0n) is 11.1. The van der Waals surface area contributed by atoms with Gasteiger partial charge in [0.25, 0.3) is 0 Å². The van der Waals surface area contributed by atoms with Crippen molar-refractivity contribution in [1.29, 1.82) is 0 Å². The van der Waals surface area contributed by atoms with E-state index in [-0.39, 0.29) is 5.78 Å². The third-order valence-corrected chi connectivity index (χ3v) is 2.78. The minimum atomic E-state index is 0.0681. The third kappa shape index (κ3) is 3.13. The molecule has 3 heteroatoms. The van der Waals surface area contributed by atoms with Gasteiger partial charge in [0.1, 0.15) is 17.2 Å². The number of ketones is 1. The van der Waals surface area contributed by atoms with Crippen LogP contribution in [0.25, 0.3) is 0 Å². The number of benzene rings is 2. The maximum Gasteiger partial charge on any atom is 0.166 e. The lowest BCUT2D eigenvalue weighted by Gasteiger charge is -2.10. The SMILES string of the molecule is CCC(=O)c1ccccc1Oc1cccc(OC)c1. The molecule has 2 aromatic rings. The first-order valence-electron chi connectivity index (χ1n) is 6.18. The lowest BCUT2D eigenvalue weighted by atomic mass is 10.1. The molecule has 0 spiro atoms. The molecule has 0 unspecified atom stereocenters. The Labute approximate surface area is 112 Å². The Kier molecular flexibility index (Phi) is 4.18. The summed E-state index contributed by atoms with van der Waals surface area (Å²) in [6.07, 6.45) is 0.457. The zero-order valence-corrected chi connectivity index (χ0v) is 11.1. The summed E-state index contributed by atoms with van der Waals surface area (Å²) >= 11 is 0. The van der Waals surface area contributed by atoms with Crippen LogP contribution >= 0.6 is 0 Å². The van der Waals surface area contributed by atoms with Crippen LogP contribution in [0.4, 0.5) is 0 Å². The summed E-state index contributed by atoms with van der Waals surface area (Å²) in [6, 6.07) is 14.6. The van der Waals surface area contributed by atoms with E-state index < -0.39 is 0 Å². The van der Waals surface area contributed by atoms with Crippen molar-refractivity contribution in [2.45, 2.75) is 13.3 Å². The monoisotopic (exact) mass is 256 g/mol. The molecular weight excluding hydrogens is 240 g/mol. The van der Waals surface area contributed by atoms with E-state index in [0.717, 1.165) is 5.75 Å². The smallest absolute Gasteiger partial charge is 0.166 e. The molecule has 0 bridgehead atoms. The molecule has 0 aliphatic heterocycles. The minimum Gasteiger partial charge on any atom is -0.497 e. The summed E-state index contributed by atoms with van der Waals surface area (Å²) in [6.45, 7) is 1.84. The van der Waals surface area contributed by atoms with E-state index in [1.807, 2.05) is 37.3 Å². The molecule has 0 fully saturated rings. The van der Waals surface area contributed by atoms with E-state index in [1.54, 1.807) is 25.3 Å². The van der Waals surface area contributed by atoms with Crippen LogP contribution < -0.4 is 9.47 Å². The second-order valence-electron chi connectivity index (χ2n) is 4.05. The van der Waals surface area contributed by atoms with Crippen molar-refractivity contribution in [3.05, 3.63) is 54.1 Å². The number of rotatable bonds is 5. The predicted molar refractivity (Wildman–Crippen MR) is 74.1 cm³/mol. The topological polar surface area (TPSA) is 35.5 Å². The van der Waals surface area contributed by atoms with Crippen LogP contribution in [-0.2, 0) is 0 Å². The number of hydrogen-bond acceptors (Lipinski definition) is 3. The van der Waals surface area contributed by atoms with Gasteiger partial charge in [-0.15, -0.1) is 0 Å². The van der Waals surface area contributed by atoms with Crippen LogP contribution in [0.5, 0.6) is 17.2 Å². The molecule has 2 rings (SSSR count). The molecule has 0 saturated heterocycles. The molecule has 0 atom stereocenters. The standard InChI is InChI=1S/C16H16O3/c1-3-15(17)14-9-4-5-10-16(14)19-13-8-6-7-12(11-13)18-2/h4-11H,3H2,1-2H3. The van der Waals surface area contributed by atoms with Crippen LogP contribution in [0, 0.1) is 0 Å². The summed E-state index contributed by atoms with van der Waals surface area (Å²) in [7, 11) is 1.60. The largest absolute Gasteiger partial charge is 0.497 e. The maximum atomic E-state index is 11.8. The average molecular weight is 256 g/mol. The van der Waals surface area contributed by atoms with Gasteiger partial charge in [-0.2, -0.15) is 0 Å². The quantitative estimate of drug-likeness (QED) is 0.756. The number of ether oxygens (including phenoxy) is 2. The summed E-state index contributed by atoms with van der Waals surface area (Å²) in [5, 5.41) is 0. The van der Waals surface area contributed by atoms with Crippen molar-refractivity contribution in [2.75, 3.05) is 7.11 Å². The van der Waals surface area contributed by atoms with Gasteiger partial charge in [0.2, 0.25) is 0 Å². The Morgan fingerprint density at radius 2 is 1.79 bits per heavy atom. The fourth-order valence-electron chi connectivity index (χ4n) is 1.77. The van der Waals surface area contributed by atoms with E-state index in [9.17, 15) is 4.79 Å². The van der Waals surface area contributed by atoms with Crippen molar-refractivity contribution in [2.24, 2.45) is 0 Å². The number of Topliss-reactive ketones (excluding diaryl/α,β-unsaturated/α-hetero) is 1. The first-order valence-corrected chi connectivity index (χ1v) is 6.18. The van der Waals surface area contributed by atoms with Gasteiger partial charge in [0.15, 0.2) is 5.78 Å². The predicted octanol–water partition coefficient (Wildman–Crippen LogP) is 4.08. The molecule has 0 amide bonds. The van der Waals surface area contributed by atoms with Gasteiger partial charge < -0.3 is 9.47 Å². The van der Waals surface area contributed by atoms with Gasteiger partial charge in [-0.25, -0.2) is 0 Å².